The number of carbonyl (C=O) groups is 1. The van der Waals surface area contributed by atoms with E-state index in [9.17, 15) is 4.79 Å². The maximum absolute atomic E-state index is 12.9. The zero-order valence-corrected chi connectivity index (χ0v) is 12.8. The van der Waals surface area contributed by atoms with Crippen LogP contribution in [0.15, 0.2) is 30.3 Å². The monoisotopic (exact) mass is 275 g/mol. The molecule has 0 saturated carbocycles. The van der Waals surface area contributed by atoms with Gasteiger partial charge in [-0.1, -0.05) is 30.3 Å². The van der Waals surface area contributed by atoms with Crippen molar-refractivity contribution in [3.8, 4) is 0 Å². The van der Waals surface area contributed by atoms with Gasteiger partial charge in [0, 0.05) is 12.5 Å². The van der Waals surface area contributed by atoms with E-state index in [1.165, 1.54) is 0 Å². The minimum atomic E-state index is -0.428. The molecule has 1 aromatic carbocycles. The van der Waals surface area contributed by atoms with Gasteiger partial charge in [0.2, 0.25) is 0 Å². The number of hydrogen-bond acceptors (Lipinski definition) is 3. The lowest BCUT2D eigenvalue weighted by Crippen LogP contribution is -2.38. The van der Waals surface area contributed by atoms with E-state index in [-0.39, 0.29) is 23.2 Å². The molecule has 1 aliphatic heterocycles. The van der Waals surface area contributed by atoms with Crippen LogP contribution in [0.1, 0.15) is 45.6 Å². The summed E-state index contributed by atoms with van der Waals surface area (Å²) in [4.78, 5) is 12.9. The molecular formula is C17H25NO2. The van der Waals surface area contributed by atoms with Crippen molar-refractivity contribution in [2.75, 3.05) is 6.54 Å². The van der Waals surface area contributed by atoms with Crippen molar-refractivity contribution in [2.24, 2.45) is 11.7 Å². The van der Waals surface area contributed by atoms with Crippen LogP contribution >= 0.6 is 0 Å². The molecule has 3 heteroatoms. The molecule has 110 valence electrons. The van der Waals surface area contributed by atoms with Crippen LogP contribution in [0.25, 0.3) is 0 Å². The van der Waals surface area contributed by atoms with Crippen LogP contribution < -0.4 is 5.73 Å². The highest BCUT2D eigenvalue weighted by Crippen LogP contribution is 2.44. The van der Waals surface area contributed by atoms with E-state index in [2.05, 4.69) is 0 Å². The third-order valence-corrected chi connectivity index (χ3v) is 4.20. The number of hydrogen-bond donors (Lipinski definition) is 1. The van der Waals surface area contributed by atoms with E-state index < -0.39 is 5.60 Å². The maximum Gasteiger partial charge on any atom is 0.147 e. The average Bonchev–Trinajstić information content (AvgIpc) is 2.59. The highest BCUT2D eigenvalue weighted by molar-refractivity contribution is 5.89. The smallest absolute Gasteiger partial charge is 0.147 e. The van der Waals surface area contributed by atoms with Crippen molar-refractivity contribution < 1.29 is 9.53 Å². The third kappa shape index (κ3) is 2.94. The zero-order chi connectivity index (χ0) is 15.0. The molecule has 1 saturated heterocycles. The Hall–Kier alpha value is -1.19. The van der Waals surface area contributed by atoms with E-state index in [1.807, 2.05) is 58.0 Å². The standard InChI is InChI=1S/C17H25NO2/c1-16(2)10-14(17(3,4)20-16)15(19)13(11-18)12-8-6-5-7-9-12/h5-9,13-14H,10-11,18H2,1-4H3. The van der Waals surface area contributed by atoms with Gasteiger partial charge in [0.15, 0.2) is 0 Å². The zero-order valence-electron chi connectivity index (χ0n) is 12.8. The first kappa shape index (κ1) is 15.2. The van der Waals surface area contributed by atoms with Crippen molar-refractivity contribution in [1.29, 1.82) is 0 Å². The number of carbonyl (C=O) groups excluding carboxylic acids is 1. The Bertz CT molecular complexity index is 479. The summed E-state index contributed by atoms with van der Waals surface area (Å²) in [5, 5.41) is 0. The largest absolute Gasteiger partial charge is 0.369 e. The van der Waals surface area contributed by atoms with Gasteiger partial charge in [-0.15, -0.1) is 0 Å². The van der Waals surface area contributed by atoms with Crippen molar-refractivity contribution in [2.45, 2.75) is 51.2 Å². The Morgan fingerprint density at radius 2 is 1.90 bits per heavy atom. The molecule has 1 aliphatic rings. The Labute approximate surface area is 121 Å². The first-order chi connectivity index (χ1) is 9.27. The van der Waals surface area contributed by atoms with E-state index in [1.54, 1.807) is 0 Å². The number of nitrogens with two attached hydrogens (primary N) is 1. The van der Waals surface area contributed by atoms with Crippen LogP contribution in [0.5, 0.6) is 0 Å². The minimum absolute atomic E-state index is 0.105. The van der Waals surface area contributed by atoms with Crippen LogP contribution in [-0.2, 0) is 9.53 Å². The summed E-state index contributed by atoms with van der Waals surface area (Å²) >= 11 is 0. The second-order valence-electron chi connectivity index (χ2n) is 6.82. The molecule has 0 aromatic heterocycles. The van der Waals surface area contributed by atoms with Crippen molar-refractivity contribution in [3.63, 3.8) is 0 Å². The summed E-state index contributed by atoms with van der Waals surface area (Å²) < 4.78 is 6.04. The molecule has 20 heavy (non-hydrogen) atoms. The molecule has 0 bridgehead atoms. The summed E-state index contributed by atoms with van der Waals surface area (Å²) in [5.41, 5.74) is 6.19. The second-order valence-corrected chi connectivity index (χ2v) is 6.82. The van der Waals surface area contributed by atoms with E-state index >= 15 is 0 Å². The lowest BCUT2D eigenvalue weighted by Gasteiger charge is -2.28. The Morgan fingerprint density at radius 1 is 1.30 bits per heavy atom. The van der Waals surface area contributed by atoms with Gasteiger partial charge in [0.25, 0.3) is 0 Å². The fraction of sp³-hybridized carbons (Fsp3) is 0.588. The number of ketones is 1. The van der Waals surface area contributed by atoms with Gasteiger partial charge in [-0.2, -0.15) is 0 Å². The predicted octanol–water partition coefficient (Wildman–Crippen LogP) is 2.89. The van der Waals surface area contributed by atoms with Crippen LogP contribution in [0.2, 0.25) is 0 Å². The fourth-order valence-corrected chi connectivity index (χ4v) is 3.35. The Morgan fingerprint density at radius 3 is 2.35 bits per heavy atom. The van der Waals surface area contributed by atoms with Gasteiger partial charge in [0.05, 0.1) is 17.1 Å². The fourth-order valence-electron chi connectivity index (χ4n) is 3.35. The van der Waals surface area contributed by atoms with Crippen LogP contribution in [-0.4, -0.2) is 23.5 Å². The Balaban J connectivity index is 2.26. The second kappa shape index (κ2) is 5.30. The summed E-state index contributed by atoms with van der Waals surface area (Å²) in [7, 11) is 0. The highest BCUT2D eigenvalue weighted by Gasteiger charge is 2.50. The number of rotatable bonds is 4. The van der Waals surface area contributed by atoms with Gasteiger partial charge < -0.3 is 10.5 Å². The summed E-state index contributed by atoms with van der Waals surface area (Å²) in [6.07, 6.45) is 0.752. The minimum Gasteiger partial charge on any atom is -0.369 e. The van der Waals surface area contributed by atoms with Gasteiger partial charge >= 0.3 is 0 Å². The van der Waals surface area contributed by atoms with Gasteiger partial charge in [-0.05, 0) is 39.7 Å². The SMILES string of the molecule is CC1(C)CC(C(=O)C(CN)c2ccccc2)C(C)(C)O1. The molecule has 1 aromatic rings. The van der Waals surface area contributed by atoms with Crippen LogP contribution in [0.3, 0.4) is 0 Å². The quantitative estimate of drug-likeness (QED) is 0.919. The lowest BCUT2D eigenvalue weighted by atomic mass is 9.77. The Kier molecular flexibility index (Phi) is 4.03. The molecule has 1 fully saturated rings. The summed E-state index contributed by atoms with van der Waals surface area (Å²) in [6.45, 7) is 8.44. The van der Waals surface area contributed by atoms with Crippen LogP contribution in [0, 0.1) is 5.92 Å². The average molecular weight is 275 g/mol. The van der Waals surface area contributed by atoms with Crippen molar-refractivity contribution >= 4 is 5.78 Å². The first-order valence-corrected chi connectivity index (χ1v) is 7.26. The number of ether oxygens (including phenoxy) is 1. The summed E-state index contributed by atoms with van der Waals surface area (Å²) in [6, 6.07) is 9.80. The van der Waals surface area contributed by atoms with Crippen LogP contribution in [0.4, 0.5) is 0 Å². The predicted molar refractivity (Wildman–Crippen MR) is 80.6 cm³/mol. The summed E-state index contributed by atoms with van der Waals surface area (Å²) in [5.74, 6) is -0.140. The molecule has 2 atom stereocenters. The topological polar surface area (TPSA) is 52.3 Å². The molecule has 3 nitrogen and oxygen atoms in total. The molecule has 2 rings (SSSR count). The molecule has 1 heterocycles. The van der Waals surface area contributed by atoms with Gasteiger partial charge in [0.1, 0.15) is 5.78 Å². The lowest BCUT2D eigenvalue weighted by molar-refractivity contribution is -0.130. The normalized spacial score (nSPS) is 25.4. The first-order valence-electron chi connectivity index (χ1n) is 7.26. The molecular weight excluding hydrogens is 250 g/mol. The third-order valence-electron chi connectivity index (χ3n) is 4.20. The molecule has 0 spiro atoms. The van der Waals surface area contributed by atoms with E-state index in [0.717, 1.165) is 12.0 Å². The molecule has 2 unspecified atom stereocenters. The van der Waals surface area contributed by atoms with E-state index in [4.69, 9.17) is 10.5 Å². The van der Waals surface area contributed by atoms with Crippen molar-refractivity contribution in [1.82, 2.24) is 0 Å². The molecule has 0 amide bonds. The highest BCUT2D eigenvalue weighted by atomic mass is 16.5. The molecule has 0 radical (unpaired) electrons. The molecule has 2 N–H and O–H groups in total. The van der Waals surface area contributed by atoms with Gasteiger partial charge in [-0.25, -0.2) is 0 Å². The number of Topliss-reactive ketones (excluding diaryl/α,β-unsaturated/α-hetero) is 1. The molecule has 0 aliphatic carbocycles. The van der Waals surface area contributed by atoms with E-state index in [0.29, 0.717) is 6.54 Å². The van der Waals surface area contributed by atoms with Crippen molar-refractivity contribution in [3.05, 3.63) is 35.9 Å². The number of benzene rings is 1. The maximum atomic E-state index is 12.9. The van der Waals surface area contributed by atoms with Gasteiger partial charge in [-0.3, -0.25) is 4.79 Å².